The first-order valence-corrected chi connectivity index (χ1v) is 11.6. The molecule has 3 N–H and O–H groups in total. The molecule has 0 radical (unpaired) electrons. The predicted molar refractivity (Wildman–Crippen MR) is 133 cm³/mol. The number of anilines is 2. The lowest BCUT2D eigenvalue weighted by atomic mass is 10.2. The molecule has 3 heterocycles. The third kappa shape index (κ3) is 5.43. The van der Waals surface area contributed by atoms with Gasteiger partial charge in [0.2, 0.25) is 5.28 Å². The van der Waals surface area contributed by atoms with Gasteiger partial charge in [-0.05, 0) is 37.1 Å². The van der Waals surface area contributed by atoms with E-state index in [1.165, 1.54) is 0 Å². The van der Waals surface area contributed by atoms with Crippen LogP contribution in [0.15, 0.2) is 42.9 Å². The molecule has 0 bridgehead atoms. The lowest BCUT2D eigenvalue weighted by Crippen LogP contribution is -2.28. The minimum atomic E-state index is 0.190. The molecule has 9 nitrogen and oxygen atoms in total. The van der Waals surface area contributed by atoms with Crippen LogP contribution >= 0.6 is 11.6 Å². The highest BCUT2D eigenvalue weighted by Gasteiger charge is 2.15. The van der Waals surface area contributed by atoms with E-state index in [2.05, 4.69) is 69.8 Å². The Balaban J connectivity index is 1.50. The van der Waals surface area contributed by atoms with Crippen LogP contribution in [0.1, 0.15) is 39.3 Å². The summed E-state index contributed by atoms with van der Waals surface area (Å²) < 4.78 is 3.86. The smallest absolute Gasteiger partial charge is 0.226 e. The van der Waals surface area contributed by atoms with Crippen LogP contribution in [0.3, 0.4) is 0 Å². The Hall–Kier alpha value is -3.17. The fourth-order valence-corrected chi connectivity index (χ4v) is 3.72. The van der Waals surface area contributed by atoms with E-state index in [1.54, 1.807) is 6.33 Å². The molecule has 0 fully saturated rings. The first kappa shape index (κ1) is 23.0. The summed E-state index contributed by atoms with van der Waals surface area (Å²) in [7, 11) is 0. The van der Waals surface area contributed by atoms with E-state index in [1.807, 2.05) is 39.7 Å². The Morgan fingerprint density at radius 3 is 2.61 bits per heavy atom. The quantitative estimate of drug-likeness (QED) is 0.236. The van der Waals surface area contributed by atoms with Gasteiger partial charge in [-0.1, -0.05) is 32.0 Å². The Labute approximate surface area is 198 Å². The van der Waals surface area contributed by atoms with E-state index in [0.717, 1.165) is 35.8 Å². The van der Waals surface area contributed by atoms with Gasteiger partial charge in [0, 0.05) is 44.0 Å². The molecule has 174 valence electrons. The second-order valence-electron chi connectivity index (χ2n) is 8.42. The zero-order valence-corrected chi connectivity index (χ0v) is 20.1. The number of imidazole rings is 1. The van der Waals surface area contributed by atoms with Gasteiger partial charge in [0.1, 0.15) is 5.82 Å². The summed E-state index contributed by atoms with van der Waals surface area (Å²) in [6.45, 7) is 10.7. The Kier molecular flexibility index (Phi) is 7.10. The summed E-state index contributed by atoms with van der Waals surface area (Å²) in [4.78, 5) is 13.3. The van der Waals surface area contributed by atoms with Crippen molar-refractivity contribution < 1.29 is 0 Å². The van der Waals surface area contributed by atoms with Gasteiger partial charge < -0.3 is 20.5 Å². The van der Waals surface area contributed by atoms with Gasteiger partial charge in [0.15, 0.2) is 17.0 Å². The fourth-order valence-electron chi connectivity index (χ4n) is 3.56. The first-order valence-electron chi connectivity index (χ1n) is 11.2. The lowest BCUT2D eigenvalue weighted by Gasteiger charge is -2.12. The summed E-state index contributed by atoms with van der Waals surface area (Å²) in [6, 6.07) is 10.8. The van der Waals surface area contributed by atoms with E-state index >= 15 is 0 Å². The van der Waals surface area contributed by atoms with Gasteiger partial charge in [-0.15, -0.1) is 0 Å². The zero-order valence-electron chi connectivity index (χ0n) is 19.4. The highest BCUT2D eigenvalue weighted by Crippen LogP contribution is 2.24. The van der Waals surface area contributed by atoms with Crippen molar-refractivity contribution in [3.8, 4) is 5.69 Å². The topological polar surface area (TPSA) is 97.5 Å². The van der Waals surface area contributed by atoms with Crippen LogP contribution in [-0.2, 0) is 6.54 Å². The molecule has 0 saturated heterocycles. The minimum Gasteiger partial charge on any atom is -0.367 e. The summed E-state index contributed by atoms with van der Waals surface area (Å²) in [5, 5.41) is 15.0. The van der Waals surface area contributed by atoms with Crippen molar-refractivity contribution in [2.24, 2.45) is 0 Å². The number of para-hydroxylation sites is 1. The van der Waals surface area contributed by atoms with Crippen molar-refractivity contribution in [1.82, 2.24) is 34.6 Å². The molecule has 0 saturated carbocycles. The van der Waals surface area contributed by atoms with E-state index in [-0.39, 0.29) is 11.3 Å². The van der Waals surface area contributed by atoms with E-state index in [0.29, 0.717) is 23.9 Å². The van der Waals surface area contributed by atoms with Crippen molar-refractivity contribution in [2.45, 2.75) is 46.3 Å². The molecular weight excluding hydrogens is 438 g/mol. The number of fused-ring (bicyclic) bond motifs is 1. The molecular formula is C23H30ClN9. The minimum absolute atomic E-state index is 0.190. The molecule has 0 amide bonds. The van der Waals surface area contributed by atoms with Gasteiger partial charge in [-0.25, -0.2) is 9.67 Å². The van der Waals surface area contributed by atoms with Gasteiger partial charge in [0.05, 0.1) is 12.0 Å². The molecule has 1 aromatic carbocycles. The van der Waals surface area contributed by atoms with Crippen molar-refractivity contribution in [2.75, 3.05) is 23.7 Å². The van der Waals surface area contributed by atoms with Crippen LogP contribution in [0.4, 0.5) is 11.6 Å². The van der Waals surface area contributed by atoms with Crippen LogP contribution in [0.5, 0.6) is 0 Å². The third-order valence-corrected chi connectivity index (χ3v) is 5.38. The van der Waals surface area contributed by atoms with Crippen LogP contribution in [0.25, 0.3) is 16.9 Å². The summed E-state index contributed by atoms with van der Waals surface area (Å²) >= 11 is 6.21. The molecule has 0 aliphatic rings. The average molecular weight is 468 g/mol. The van der Waals surface area contributed by atoms with Crippen molar-refractivity contribution in [1.29, 1.82) is 0 Å². The Bertz CT molecular complexity index is 1210. The number of halogens is 1. The molecule has 3 aromatic heterocycles. The maximum absolute atomic E-state index is 6.21. The van der Waals surface area contributed by atoms with Gasteiger partial charge in [-0.3, -0.25) is 0 Å². The zero-order chi connectivity index (χ0) is 23.4. The molecule has 0 aliphatic heterocycles. The number of nitrogens with one attached hydrogen (secondary N) is 3. The van der Waals surface area contributed by atoms with Gasteiger partial charge in [0.25, 0.3) is 0 Å². The lowest BCUT2D eigenvalue weighted by molar-refractivity contribution is 0.602. The standard InChI is InChI=1S/C23H30ClN9/c1-15(2)25-10-11-26-19-9-12-33(31-19)18-8-6-5-7-17(18)13-27-21-20-22(30-23(24)29-21)32(14-28-20)16(3)4/h5-9,12,14-16,25H,10-11,13H2,1-4H3,(H,26,31)(H,27,29,30). The second kappa shape index (κ2) is 10.2. The van der Waals surface area contributed by atoms with Crippen LogP contribution in [0, 0.1) is 0 Å². The van der Waals surface area contributed by atoms with Gasteiger partial charge >= 0.3 is 0 Å². The molecule has 0 spiro atoms. The van der Waals surface area contributed by atoms with Crippen molar-refractivity contribution >= 4 is 34.4 Å². The molecule has 0 atom stereocenters. The largest absolute Gasteiger partial charge is 0.367 e. The van der Waals surface area contributed by atoms with E-state index in [9.17, 15) is 0 Å². The Morgan fingerprint density at radius 2 is 1.82 bits per heavy atom. The number of benzene rings is 1. The highest BCUT2D eigenvalue weighted by molar-refractivity contribution is 6.28. The van der Waals surface area contributed by atoms with E-state index < -0.39 is 0 Å². The van der Waals surface area contributed by atoms with Crippen LogP contribution in [-0.4, -0.2) is 48.4 Å². The molecule has 10 heteroatoms. The number of hydrogen-bond donors (Lipinski definition) is 3. The normalized spacial score (nSPS) is 11.6. The van der Waals surface area contributed by atoms with Crippen molar-refractivity contribution in [3.63, 3.8) is 0 Å². The number of aromatic nitrogens is 6. The van der Waals surface area contributed by atoms with Crippen LogP contribution in [0.2, 0.25) is 5.28 Å². The summed E-state index contributed by atoms with van der Waals surface area (Å²) in [6.07, 6.45) is 3.73. The molecule has 0 aliphatic carbocycles. The molecule has 0 unspecified atom stereocenters. The van der Waals surface area contributed by atoms with Crippen molar-refractivity contribution in [3.05, 3.63) is 53.7 Å². The Morgan fingerprint density at radius 1 is 1.00 bits per heavy atom. The monoisotopic (exact) mass is 467 g/mol. The predicted octanol–water partition coefficient (Wildman–Crippen LogP) is 4.27. The SMILES string of the molecule is CC(C)NCCNc1ccn(-c2ccccc2CNc2nc(Cl)nc3c2ncn3C(C)C)n1. The first-order chi connectivity index (χ1) is 15.9. The highest BCUT2D eigenvalue weighted by atomic mass is 35.5. The molecule has 4 rings (SSSR count). The number of nitrogens with zero attached hydrogens (tertiary/aromatic N) is 6. The maximum Gasteiger partial charge on any atom is 0.226 e. The van der Waals surface area contributed by atoms with Crippen LogP contribution < -0.4 is 16.0 Å². The third-order valence-electron chi connectivity index (χ3n) is 5.21. The van der Waals surface area contributed by atoms with Gasteiger partial charge in [-0.2, -0.15) is 15.1 Å². The summed E-state index contributed by atoms with van der Waals surface area (Å²) in [5.41, 5.74) is 3.48. The number of hydrogen-bond acceptors (Lipinski definition) is 7. The summed E-state index contributed by atoms with van der Waals surface area (Å²) in [5.74, 6) is 1.45. The average Bonchev–Trinajstić information content (AvgIpc) is 3.42. The number of rotatable bonds is 10. The fraction of sp³-hybridized carbons (Fsp3) is 0.391. The molecule has 4 aromatic rings. The second-order valence-corrected chi connectivity index (χ2v) is 8.76. The molecule has 33 heavy (non-hydrogen) atoms. The van der Waals surface area contributed by atoms with E-state index in [4.69, 9.17) is 11.6 Å². The maximum atomic E-state index is 6.21.